The van der Waals surface area contributed by atoms with Gasteiger partial charge in [-0.05, 0) is 32.9 Å². The van der Waals surface area contributed by atoms with Crippen molar-refractivity contribution < 1.29 is 14.3 Å². The number of benzene rings is 1. The quantitative estimate of drug-likeness (QED) is 0.925. The van der Waals surface area contributed by atoms with Crippen molar-refractivity contribution in [3.63, 3.8) is 0 Å². The number of hydrogen-bond acceptors (Lipinski definition) is 4. The third-order valence-corrected chi connectivity index (χ3v) is 2.66. The van der Waals surface area contributed by atoms with Gasteiger partial charge < -0.3 is 14.8 Å². The highest BCUT2D eigenvalue weighted by Gasteiger charge is 2.27. The number of carbonyl (C=O) groups excluding carboxylic acids is 1. The Bertz CT molecular complexity index is 443. The summed E-state index contributed by atoms with van der Waals surface area (Å²) in [6.45, 7) is 6.64. The zero-order valence-corrected chi connectivity index (χ0v) is 12.3. The maximum atomic E-state index is 12.0. The Morgan fingerprint density at radius 3 is 2.58 bits per heavy atom. The minimum atomic E-state index is -0.519. The van der Waals surface area contributed by atoms with Gasteiger partial charge >= 0.3 is 0 Å². The lowest BCUT2D eigenvalue weighted by molar-refractivity contribution is -0.127. The van der Waals surface area contributed by atoms with Crippen molar-refractivity contribution in [1.29, 1.82) is 0 Å². The van der Waals surface area contributed by atoms with Crippen LogP contribution in [0.1, 0.15) is 20.8 Å². The SMILES string of the molecule is CC(C)(C)NCC(=O)C1COc2ccccc2O1.Cl. The first-order valence-corrected chi connectivity index (χ1v) is 6.12. The molecule has 0 radical (unpaired) electrons. The van der Waals surface area contributed by atoms with Crippen LogP contribution in [-0.2, 0) is 4.79 Å². The third kappa shape index (κ3) is 4.40. The first kappa shape index (κ1) is 15.8. The summed E-state index contributed by atoms with van der Waals surface area (Å²) in [5, 5.41) is 3.16. The van der Waals surface area contributed by atoms with Gasteiger partial charge in [-0.2, -0.15) is 0 Å². The molecule has 1 aromatic carbocycles. The van der Waals surface area contributed by atoms with Gasteiger partial charge in [0.15, 0.2) is 23.4 Å². The van der Waals surface area contributed by atoms with Crippen molar-refractivity contribution in [2.75, 3.05) is 13.2 Å². The lowest BCUT2D eigenvalue weighted by atomic mass is 10.1. The molecule has 0 bridgehead atoms. The van der Waals surface area contributed by atoms with Crippen LogP contribution in [0.4, 0.5) is 0 Å². The molecule has 5 heteroatoms. The second-order valence-electron chi connectivity index (χ2n) is 5.43. The van der Waals surface area contributed by atoms with Crippen molar-refractivity contribution in [3.05, 3.63) is 24.3 Å². The molecule has 1 unspecified atom stereocenters. The van der Waals surface area contributed by atoms with Gasteiger partial charge in [0.25, 0.3) is 0 Å². The summed E-state index contributed by atoms with van der Waals surface area (Å²) in [5.41, 5.74) is -0.0803. The van der Waals surface area contributed by atoms with Crippen LogP contribution in [0.2, 0.25) is 0 Å². The molecular formula is C14H20ClNO3. The summed E-state index contributed by atoms with van der Waals surface area (Å²) >= 11 is 0. The number of halogens is 1. The van der Waals surface area contributed by atoms with E-state index in [4.69, 9.17) is 9.47 Å². The second kappa shape index (κ2) is 6.26. The summed E-state index contributed by atoms with van der Waals surface area (Å²) in [6.07, 6.45) is -0.519. The number of ketones is 1. The van der Waals surface area contributed by atoms with E-state index in [9.17, 15) is 4.79 Å². The molecule has 1 aromatic rings. The van der Waals surface area contributed by atoms with Gasteiger partial charge in [0.05, 0.1) is 6.54 Å². The third-order valence-electron chi connectivity index (χ3n) is 2.66. The van der Waals surface area contributed by atoms with Crippen LogP contribution in [0, 0.1) is 0 Å². The Labute approximate surface area is 119 Å². The van der Waals surface area contributed by atoms with Crippen LogP contribution in [0.15, 0.2) is 24.3 Å². The van der Waals surface area contributed by atoms with Crippen LogP contribution >= 0.6 is 12.4 Å². The van der Waals surface area contributed by atoms with Gasteiger partial charge in [-0.15, -0.1) is 12.4 Å². The van der Waals surface area contributed by atoms with Crippen molar-refractivity contribution in [2.45, 2.75) is 32.4 Å². The Morgan fingerprint density at radius 2 is 1.95 bits per heavy atom. The zero-order chi connectivity index (χ0) is 13.2. The van der Waals surface area contributed by atoms with Gasteiger partial charge in [-0.3, -0.25) is 4.79 Å². The molecule has 19 heavy (non-hydrogen) atoms. The molecule has 0 saturated carbocycles. The van der Waals surface area contributed by atoms with Gasteiger partial charge in [0.1, 0.15) is 6.61 Å². The minimum Gasteiger partial charge on any atom is -0.485 e. The standard InChI is InChI=1S/C14H19NO3.ClH/c1-14(2,3)15-8-10(16)13-9-17-11-6-4-5-7-12(11)18-13;/h4-7,13,15H,8-9H2,1-3H3;1H. The molecule has 0 amide bonds. The fraction of sp³-hybridized carbons (Fsp3) is 0.500. The fourth-order valence-electron chi connectivity index (χ4n) is 1.64. The lowest BCUT2D eigenvalue weighted by Crippen LogP contribution is -2.46. The molecular weight excluding hydrogens is 266 g/mol. The number of fused-ring (bicyclic) bond motifs is 1. The van der Waals surface area contributed by atoms with Crippen LogP contribution in [0.3, 0.4) is 0 Å². The highest BCUT2D eigenvalue weighted by molar-refractivity contribution is 5.86. The van der Waals surface area contributed by atoms with Crippen molar-refractivity contribution in [1.82, 2.24) is 5.32 Å². The van der Waals surface area contributed by atoms with E-state index < -0.39 is 6.10 Å². The van der Waals surface area contributed by atoms with Gasteiger partial charge in [-0.1, -0.05) is 12.1 Å². The summed E-state index contributed by atoms with van der Waals surface area (Å²) in [5.74, 6) is 1.35. The predicted octanol–water partition coefficient (Wildman–Crippen LogP) is 2.21. The number of Topliss-reactive ketones (excluding diaryl/α,β-unsaturated/α-hetero) is 1. The first-order valence-electron chi connectivity index (χ1n) is 6.12. The van der Waals surface area contributed by atoms with E-state index in [1.165, 1.54) is 0 Å². The van der Waals surface area contributed by atoms with E-state index in [0.717, 1.165) is 0 Å². The lowest BCUT2D eigenvalue weighted by Gasteiger charge is -2.27. The van der Waals surface area contributed by atoms with Crippen LogP contribution in [-0.4, -0.2) is 30.6 Å². The number of hydrogen-bond donors (Lipinski definition) is 1. The number of para-hydroxylation sites is 2. The van der Waals surface area contributed by atoms with E-state index >= 15 is 0 Å². The molecule has 4 nitrogen and oxygen atoms in total. The largest absolute Gasteiger partial charge is 0.485 e. The topological polar surface area (TPSA) is 47.6 Å². The van der Waals surface area contributed by atoms with Crippen LogP contribution in [0.25, 0.3) is 0 Å². The van der Waals surface area contributed by atoms with Crippen LogP contribution < -0.4 is 14.8 Å². The molecule has 0 spiro atoms. The molecule has 1 heterocycles. The average Bonchev–Trinajstić information content (AvgIpc) is 2.34. The normalized spacial score (nSPS) is 17.5. The van der Waals surface area contributed by atoms with Crippen molar-refractivity contribution in [3.8, 4) is 11.5 Å². The maximum Gasteiger partial charge on any atom is 0.192 e. The molecule has 0 saturated heterocycles. The van der Waals surface area contributed by atoms with Crippen molar-refractivity contribution in [2.24, 2.45) is 0 Å². The van der Waals surface area contributed by atoms with E-state index in [2.05, 4.69) is 5.32 Å². The number of ether oxygens (including phenoxy) is 2. The molecule has 106 valence electrons. The minimum absolute atomic E-state index is 0. The molecule has 1 N–H and O–H groups in total. The molecule has 2 rings (SSSR count). The first-order chi connectivity index (χ1) is 8.46. The summed E-state index contributed by atoms with van der Waals surface area (Å²) < 4.78 is 11.2. The summed E-state index contributed by atoms with van der Waals surface area (Å²) in [6, 6.07) is 7.39. The molecule has 1 aliphatic heterocycles. The Balaban J connectivity index is 0.00000180. The van der Waals surface area contributed by atoms with Gasteiger partial charge in [-0.25, -0.2) is 0 Å². The second-order valence-corrected chi connectivity index (χ2v) is 5.43. The Hall–Kier alpha value is -1.26. The van der Waals surface area contributed by atoms with E-state index in [1.54, 1.807) is 0 Å². The predicted molar refractivity (Wildman–Crippen MR) is 76.4 cm³/mol. The molecule has 1 aliphatic rings. The summed E-state index contributed by atoms with van der Waals surface area (Å²) in [7, 11) is 0. The smallest absolute Gasteiger partial charge is 0.192 e. The number of nitrogens with one attached hydrogen (secondary N) is 1. The Kier molecular flexibility index (Phi) is 5.20. The Morgan fingerprint density at radius 1 is 1.32 bits per heavy atom. The fourth-order valence-corrected chi connectivity index (χ4v) is 1.64. The highest BCUT2D eigenvalue weighted by Crippen LogP contribution is 2.30. The molecule has 1 atom stereocenters. The molecule has 0 aromatic heterocycles. The van der Waals surface area contributed by atoms with E-state index in [1.807, 2.05) is 45.0 Å². The van der Waals surface area contributed by atoms with E-state index in [-0.39, 0.29) is 30.3 Å². The zero-order valence-electron chi connectivity index (χ0n) is 11.4. The average molecular weight is 286 g/mol. The maximum absolute atomic E-state index is 12.0. The number of rotatable bonds is 3. The number of carbonyl (C=O) groups is 1. The van der Waals surface area contributed by atoms with Gasteiger partial charge in [0, 0.05) is 5.54 Å². The van der Waals surface area contributed by atoms with Crippen LogP contribution in [0.5, 0.6) is 11.5 Å². The van der Waals surface area contributed by atoms with E-state index in [0.29, 0.717) is 18.0 Å². The molecule has 0 aliphatic carbocycles. The molecule has 0 fully saturated rings. The van der Waals surface area contributed by atoms with Gasteiger partial charge in [0.2, 0.25) is 0 Å². The van der Waals surface area contributed by atoms with Crippen molar-refractivity contribution >= 4 is 18.2 Å². The summed E-state index contributed by atoms with van der Waals surface area (Å²) in [4.78, 5) is 12.0. The highest BCUT2D eigenvalue weighted by atomic mass is 35.5. The monoisotopic (exact) mass is 285 g/mol.